The van der Waals surface area contributed by atoms with Crippen molar-refractivity contribution in [3.8, 4) is 11.5 Å². The van der Waals surface area contributed by atoms with Gasteiger partial charge in [0.05, 0.1) is 20.8 Å². The van der Waals surface area contributed by atoms with Gasteiger partial charge < -0.3 is 24.8 Å². The van der Waals surface area contributed by atoms with Crippen LogP contribution in [0.4, 0.5) is 0 Å². The number of carbonyl (C=O) groups excluding carboxylic acids is 1. The number of carbonyl (C=O) groups is 1. The lowest BCUT2D eigenvalue weighted by molar-refractivity contribution is -0.140. The number of methoxy groups -OCH3 is 2. The third-order valence-electron chi connectivity index (χ3n) is 3.83. The summed E-state index contributed by atoms with van der Waals surface area (Å²) < 4.78 is 15.9. The first kappa shape index (κ1) is 22.6. The van der Waals surface area contributed by atoms with Crippen molar-refractivity contribution in [3.05, 3.63) is 24.3 Å². The van der Waals surface area contributed by atoms with Crippen LogP contribution >= 0.6 is 0 Å². The minimum Gasteiger partial charge on any atom is -0.493 e. The van der Waals surface area contributed by atoms with Crippen molar-refractivity contribution in [2.75, 3.05) is 33.9 Å². The number of hydrogen-bond donors (Lipinski definition) is 2. The van der Waals surface area contributed by atoms with Crippen LogP contribution in [0.25, 0.3) is 0 Å². The number of unbranched alkanes of at least 4 members (excludes halogenated alkanes) is 2. The SMILES string of the molecule is CCNC(=NCC(C)Oc1ccccc1OC)NCCCCCC(=O)OC. The number of rotatable bonds is 12. The van der Waals surface area contributed by atoms with E-state index >= 15 is 0 Å². The van der Waals surface area contributed by atoms with E-state index in [4.69, 9.17) is 9.47 Å². The summed E-state index contributed by atoms with van der Waals surface area (Å²) in [5.41, 5.74) is 0. The summed E-state index contributed by atoms with van der Waals surface area (Å²) in [6, 6.07) is 7.58. The number of hydrogen-bond acceptors (Lipinski definition) is 5. The fourth-order valence-electron chi connectivity index (χ4n) is 2.41. The highest BCUT2D eigenvalue weighted by atomic mass is 16.5. The Balaban J connectivity index is 2.38. The van der Waals surface area contributed by atoms with Crippen LogP contribution in [0.1, 0.15) is 39.5 Å². The quantitative estimate of drug-likeness (QED) is 0.252. The molecular formula is C20H33N3O4. The average molecular weight is 380 g/mol. The second-order valence-electron chi connectivity index (χ2n) is 6.11. The molecule has 1 rings (SSSR count). The molecule has 27 heavy (non-hydrogen) atoms. The smallest absolute Gasteiger partial charge is 0.305 e. The van der Waals surface area contributed by atoms with Gasteiger partial charge in [-0.25, -0.2) is 4.99 Å². The molecule has 0 aliphatic carbocycles. The van der Waals surface area contributed by atoms with Gasteiger partial charge in [-0.05, 0) is 38.8 Å². The highest BCUT2D eigenvalue weighted by Crippen LogP contribution is 2.26. The maximum atomic E-state index is 11.1. The highest BCUT2D eigenvalue weighted by Gasteiger charge is 2.08. The Bertz CT molecular complexity index is 578. The first-order chi connectivity index (χ1) is 13.1. The molecule has 0 fully saturated rings. The molecule has 1 atom stereocenters. The van der Waals surface area contributed by atoms with E-state index in [1.165, 1.54) is 7.11 Å². The zero-order valence-electron chi connectivity index (χ0n) is 16.9. The van der Waals surface area contributed by atoms with E-state index in [2.05, 4.69) is 20.4 Å². The van der Waals surface area contributed by atoms with Crippen LogP contribution in [0.3, 0.4) is 0 Å². The van der Waals surface area contributed by atoms with E-state index in [1.54, 1.807) is 7.11 Å². The van der Waals surface area contributed by atoms with Gasteiger partial charge in [-0.15, -0.1) is 0 Å². The van der Waals surface area contributed by atoms with Crippen molar-refractivity contribution in [2.24, 2.45) is 4.99 Å². The molecule has 0 aliphatic heterocycles. The standard InChI is InChI=1S/C20H33N3O4/c1-5-21-20(22-14-10-6-7-13-19(24)26-4)23-15-16(2)27-18-12-9-8-11-17(18)25-3/h8-9,11-12,16H,5-7,10,13-15H2,1-4H3,(H2,21,22,23). The average Bonchev–Trinajstić information content (AvgIpc) is 2.68. The van der Waals surface area contributed by atoms with Crippen molar-refractivity contribution < 1.29 is 19.0 Å². The maximum Gasteiger partial charge on any atom is 0.305 e. The van der Waals surface area contributed by atoms with Gasteiger partial charge in [0.2, 0.25) is 0 Å². The number of esters is 1. The number of ether oxygens (including phenoxy) is 3. The number of para-hydroxylation sites is 2. The van der Waals surface area contributed by atoms with Crippen LogP contribution in [0.5, 0.6) is 11.5 Å². The summed E-state index contributed by atoms with van der Waals surface area (Å²) >= 11 is 0. The van der Waals surface area contributed by atoms with Gasteiger partial charge in [-0.3, -0.25) is 4.79 Å². The van der Waals surface area contributed by atoms with Gasteiger partial charge >= 0.3 is 5.97 Å². The Hall–Kier alpha value is -2.44. The van der Waals surface area contributed by atoms with Crippen molar-refractivity contribution >= 4 is 11.9 Å². The fourth-order valence-corrected chi connectivity index (χ4v) is 2.41. The highest BCUT2D eigenvalue weighted by molar-refractivity contribution is 5.79. The summed E-state index contributed by atoms with van der Waals surface area (Å²) in [5, 5.41) is 6.53. The number of guanidine groups is 1. The molecule has 1 aromatic rings. The molecule has 0 aliphatic rings. The molecule has 2 N–H and O–H groups in total. The lowest BCUT2D eigenvalue weighted by Gasteiger charge is -2.16. The molecule has 0 amide bonds. The Morgan fingerprint density at radius 1 is 1.11 bits per heavy atom. The Kier molecular flexibility index (Phi) is 11.5. The molecule has 0 bridgehead atoms. The number of aliphatic imine (C=N–C) groups is 1. The van der Waals surface area contributed by atoms with Crippen LogP contribution in [0.2, 0.25) is 0 Å². The Labute approximate surface area is 162 Å². The van der Waals surface area contributed by atoms with Crippen LogP contribution < -0.4 is 20.1 Å². The first-order valence-corrected chi connectivity index (χ1v) is 9.49. The zero-order valence-corrected chi connectivity index (χ0v) is 16.9. The van der Waals surface area contributed by atoms with Gasteiger partial charge in [-0.2, -0.15) is 0 Å². The number of benzene rings is 1. The summed E-state index contributed by atoms with van der Waals surface area (Å²) in [4.78, 5) is 15.7. The summed E-state index contributed by atoms with van der Waals surface area (Å²) in [6.07, 6.45) is 3.16. The minimum absolute atomic E-state index is 0.0863. The van der Waals surface area contributed by atoms with Gasteiger partial charge in [-0.1, -0.05) is 18.6 Å². The van der Waals surface area contributed by atoms with Gasteiger partial charge in [0.25, 0.3) is 0 Å². The minimum atomic E-state index is -0.151. The van der Waals surface area contributed by atoms with Crippen LogP contribution in [-0.2, 0) is 9.53 Å². The lowest BCUT2D eigenvalue weighted by Crippen LogP contribution is -2.38. The van der Waals surface area contributed by atoms with E-state index < -0.39 is 0 Å². The van der Waals surface area contributed by atoms with Crippen molar-refractivity contribution in [2.45, 2.75) is 45.6 Å². The molecule has 1 aromatic carbocycles. The van der Waals surface area contributed by atoms with E-state index in [0.29, 0.717) is 24.5 Å². The normalized spacial score (nSPS) is 12.2. The topological polar surface area (TPSA) is 81.2 Å². The third-order valence-corrected chi connectivity index (χ3v) is 3.83. The molecule has 0 saturated heterocycles. The predicted octanol–water partition coefficient (Wildman–Crippen LogP) is 2.75. The maximum absolute atomic E-state index is 11.1. The number of nitrogens with zero attached hydrogens (tertiary/aromatic N) is 1. The van der Waals surface area contributed by atoms with E-state index in [-0.39, 0.29) is 12.1 Å². The van der Waals surface area contributed by atoms with Crippen LogP contribution in [0.15, 0.2) is 29.3 Å². The first-order valence-electron chi connectivity index (χ1n) is 9.49. The molecule has 1 unspecified atom stereocenters. The van der Waals surface area contributed by atoms with E-state index in [1.807, 2.05) is 38.1 Å². The summed E-state index contributed by atoms with van der Waals surface area (Å²) in [6.45, 7) is 6.12. The molecule has 0 spiro atoms. The van der Waals surface area contributed by atoms with Crippen molar-refractivity contribution in [3.63, 3.8) is 0 Å². The lowest BCUT2D eigenvalue weighted by atomic mass is 10.2. The largest absolute Gasteiger partial charge is 0.493 e. The van der Waals surface area contributed by atoms with Gasteiger partial charge in [0, 0.05) is 19.5 Å². The van der Waals surface area contributed by atoms with Crippen molar-refractivity contribution in [1.29, 1.82) is 0 Å². The second kappa shape index (κ2) is 13.7. The summed E-state index contributed by atoms with van der Waals surface area (Å²) in [5.74, 6) is 2.04. The summed E-state index contributed by atoms with van der Waals surface area (Å²) in [7, 11) is 3.05. The molecule has 0 radical (unpaired) electrons. The third kappa shape index (κ3) is 9.72. The van der Waals surface area contributed by atoms with E-state index in [9.17, 15) is 4.79 Å². The van der Waals surface area contributed by atoms with Crippen LogP contribution in [-0.4, -0.2) is 51.9 Å². The molecule has 0 saturated carbocycles. The molecule has 7 nitrogen and oxygen atoms in total. The second-order valence-corrected chi connectivity index (χ2v) is 6.11. The molecule has 7 heteroatoms. The van der Waals surface area contributed by atoms with Crippen LogP contribution in [0, 0.1) is 0 Å². The van der Waals surface area contributed by atoms with E-state index in [0.717, 1.165) is 38.3 Å². The molecule has 152 valence electrons. The Morgan fingerprint density at radius 2 is 1.85 bits per heavy atom. The Morgan fingerprint density at radius 3 is 2.52 bits per heavy atom. The molecule has 0 aromatic heterocycles. The molecule has 0 heterocycles. The van der Waals surface area contributed by atoms with Crippen molar-refractivity contribution in [1.82, 2.24) is 10.6 Å². The molecular weight excluding hydrogens is 346 g/mol. The predicted molar refractivity (Wildman–Crippen MR) is 108 cm³/mol. The van der Waals surface area contributed by atoms with Gasteiger partial charge in [0.1, 0.15) is 6.10 Å². The zero-order chi connectivity index (χ0) is 19.9. The fraction of sp³-hybridized carbons (Fsp3) is 0.600. The monoisotopic (exact) mass is 379 g/mol. The van der Waals surface area contributed by atoms with Gasteiger partial charge in [0.15, 0.2) is 17.5 Å². The number of nitrogens with one attached hydrogen (secondary N) is 2.